The zero-order valence-corrected chi connectivity index (χ0v) is 14.5. The molecule has 1 aliphatic heterocycles. The summed E-state index contributed by atoms with van der Waals surface area (Å²) in [7, 11) is 0. The summed E-state index contributed by atoms with van der Waals surface area (Å²) >= 11 is 13.2. The molecule has 0 bridgehead atoms. The minimum Gasteiger partial charge on any atom is -0.493 e. The molecule has 0 radical (unpaired) electrons. The van der Waals surface area contributed by atoms with Gasteiger partial charge in [0.1, 0.15) is 5.75 Å². The number of halogens is 3. The van der Waals surface area contributed by atoms with E-state index in [2.05, 4.69) is 37.2 Å². The van der Waals surface area contributed by atoms with Gasteiger partial charge in [-0.25, -0.2) is 0 Å². The van der Waals surface area contributed by atoms with Gasteiger partial charge in [0.05, 0.1) is 6.61 Å². The molecule has 3 rings (SSSR count). The highest BCUT2D eigenvalue weighted by molar-refractivity contribution is 9.11. The summed E-state index contributed by atoms with van der Waals surface area (Å²) < 4.78 is 7.77. The Bertz CT molecular complexity index is 661. The second kappa shape index (κ2) is 5.96. The molecular weight excluding hydrogens is 405 g/mol. The number of anilines is 1. The Balaban J connectivity index is 1.82. The molecule has 20 heavy (non-hydrogen) atoms. The summed E-state index contributed by atoms with van der Waals surface area (Å²) in [6.07, 6.45) is 0.935. The molecule has 0 atom stereocenters. The van der Waals surface area contributed by atoms with E-state index in [-0.39, 0.29) is 0 Å². The molecule has 2 aromatic rings. The van der Waals surface area contributed by atoms with Gasteiger partial charge in [0.2, 0.25) is 0 Å². The molecular formula is C15H12Br2ClNO. The van der Waals surface area contributed by atoms with Crippen molar-refractivity contribution in [3.63, 3.8) is 0 Å². The van der Waals surface area contributed by atoms with Crippen LogP contribution >= 0.6 is 43.5 Å². The Kier molecular flexibility index (Phi) is 4.24. The first-order chi connectivity index (χ1) is 9.63. The van der Waals surface area contributed by atoms with E-state index in [9.17, 15) is 0 Å². The lowest BCUT2D eigenvalue weighted by molar-refractivity contribution is 0.354. The number of nitrogens with one attached hydrogen (secondary N) is 1. The fourth-order valence-corrected chi connectivity index (χ4v) is 3.75. The van der Waals surface area contributed by atoms with Crippen LogP contribution < -0.4 is 10.1 Å². The van der Waals surface area contributed by atoms with Crippen molar-refractivity contribution in [3.05, 3.63) is 55.4 Å². The van der Waals surface area contributed by atoms with Crippen LogP contribution in [0.2, 0.25) is 5.02 Å². The van der Waals surface area contributed by atoms with E-state index in [0.29, 0.717) is 6.54 Å². The molecule has 2 nitrogen and oxygen atoms in total. The van der Waals surface area contributed by atoms with Gasteiger partial charge < -0.3 is 10.1 Å². The van der Waals surface area contributed by atoms with Gasteiger partial charge in [0.15, 0.2) is 0 Å². The van der Waals surface area contributed by atoms with Crippen molar-refractivity contribution < 1.29 is 4.74 Å². The minimum atomic E-state index is 0.684. The molecule has 104 valence electrons. The fraction of sp³-hybridized carbons (Fsp3) is 0.200. The van der Waals surface area contributed by atoms with E-state index >= 15 is 0 Å². The normalized spacial score (nSPS) is 12.9. The lowest BCUT2D eigenvalue weighted by Gasteiger charge is -2.12. The standard InChI is InChI=1S/C15H12Br2ClNO/c16-11-1-2-14(13(17)7-11)19-8-10-6-12(18)5-9-3-4-20-15(9)10/h1-2,5-7,19H,3-4,8H2. The molecule has 0 unspecified atom stereocenters. The molecule has 1 aliphatic rings. The Hall–Kier alpha value is -0.710. The molecule has 0 amide bonds. The summed E-state index contributed by atoms with van der Waals surface area (Å²) in [6, 6.07) is 10.0. The number of ether oxygens (including phenoxy) is 1. The van der Waals surface area contributed by atoms with Crippen LogP contribution in [-0.4, -0.2) is 6.61 Å². The highest BCUT2D eigenvalue weighted by Crippen LogP contribution is 2.34. The highest BCUT2D eigenvalue weighted by Gasteiger charge is 2.17. The van der Waals surface area contributed by atoms with Crippen LogP contribution in [-0.2, 0) is 13.0 Å². The molecule has 2 aromatic carbocycles. The highest BCUT2D eigenvalue weighted by atomic mass is 79.9. The average molecular weight is 418 g/mol. The van der Waals surface area contributed by atoms with Gasteiger partial charge in [0.25, 0.3) is 0 Å². The van der Waals surface area contributed by atoms with Gasteiger partial charge >= 0.3 is 0 Å². The van der Waals surface area contributed by atoms with Crippen molar-refractivity contribution in [2.45, 2.75) is 13.0 Å². The van der Waals surface area contributed by atoms with E-state index in [4.69, 9.17) is 16.3 Å². The smallest absolute Gasteiger partial charge is 0.127 e. The van der Waals surface area contributed by atoms with Gasteiger partial charge in [-0.3, -0.25) is 0 Å². The monoisotopic (exact) mass is 415 g/mol. The van der Waals surface area contributed by atoms with Crippen molar-refractivity contribution in [1.29, 1.82) is 0 Å². The zero-order valence-electron chi connectivity index (χ0n) is 10.6. The van der Waals surface area contributed by atoms with Gasteiger partial charge in [-0.15, -0.1) is 0 Å². The van der Waals surface area contributed by atoms with Gasteiger partial charge in [-0.05, 0) is 51.8 Å². The first-order valence-electron chi connectivity index (χ1n) is 6.26. The molecule has 0 saturated carbocycles. The maximum absolute atomic E-state index is 6.16. The molecule has 0 spiro atoms. The second-order valence-electron chi connectivity index (χ2n) is 4.63. The van der Waals surface area contributed by atoms with Crippen LogP contribution in [0.3, 0.4) is 0 Å². The maximum Gasteiger partial charge on any atom is 0.127 e. The van der Waals surface area contributed by atoms with Crippen LogP contribution in [0.1, 0.15) is 11.1 Å². The molecule has 1 heterocycles. The molecule has 5 heteroatoms. The topological polar surface area (TPSA) is 21.3 Å². The van der Waals surface area contributed by atoms with Crippen LogP contribution in [0.15, 0.2) is 39.3 Å². The third-order valence-corrected chi connectivity index (χ3v) is 4.59. The van der Waals surface area contributed by atoms with Crippen molar-refractivity contribution in [2.24, 2.45) is 0 Å². The quantitative estimate of drug-likeness (QED) is 0.721. The van der Waals surface area contributed by atoms with Crippen LogP contribution in [0.4, 0.5) is 5.69 Å². The summed E-state index contributed by atoms with van der Waals surface area (Å²) in [5, 5.41) is 4.17. The van der Waals surface area contributed by atoms with E-state index < -0.39 is 0 Å². The van der Waals surface area contributed by atoms with Crippen molar-refractivity contribution in [2.75, 3.05) is 11.9 Å². The van der Waals surface area contributed by atoms with Crippen LogP contribution in [0.25, 0.3) is 0 Å². The SMILES string of the molecule is Clc1cc2c(c(CNc3ccc(Br)cc3Br)c1)OCC2. The number of hydrogen-bond acceptors (Lipinski definition) is 2. The van der Waals surface area contributed by atoms with E-state index in [1.54, 1.807) is 0 Å². The number of rotatable bonds is 3. The summed E-state index contributed by atoms with van der Waals surface area (Å²) in [5.74, 6) is 0.982. The van der Waals surface area contributed by atoms with Gasteiger partial charge in [0, 0.05) is 38.2 Å². The van der Waals surface area contributed by atoms with Crippen molar-refractivity contribution >= 4 is 49.1 Å². The maximum atomic E-state index is 6.16. The second-order valence-corrected chi connectivity index (χ2v) is 6.84. The average Bonchev–Trinajstić information content (AvgIpc) is 2.85. The predicted octanol–water partition coefficient (Wildman–Crippen LogP) is 5.41. The number of fused-ring (bicyclic) bond motifs is 1. The first kappa shape index (κ1) is 14.2. The van der Waals surface area contributed by atoms with E-state index in [1.807, 2.05) is 30.3 Å². The van der Waals surface area contributed by atoms with Crippen LogP contribution in [0.5, 0.6) is 5.75 Å². The Morgan fingerprint density at radius 2 is 2.05 bits per heavy atom. The third-order valence-electron chi connectivity index (χ3n) is 3.23. The van der Waals surface area contributed by atoms with Crippen molar-refractivity contribution in [3.8, 4) is 5.75 Å². The largest absolute Gasteiger partial charge is 0.493 e. The first-order valence-corrected chi connectivity index (χ1v) is 8.23. The van der Waals surface area contributed by atoms with Crippen LogP contribution in [0, 0.1) is 0 Å². The molecule has 1 N–H and O–H groups in total. The summed E-state index contributed by atoms with van der Waals surface area (Å²) in [4.78, 5) is 0. The number of benzene rings is 2. The molecule has 0 saturated heterocycles. The third kappa shape index (κ3) is 2.97. The van der Waals surface area contributed by atoms with E-state index in [0.717, 1.165) is 44.0 Å². The number of hydrogen-bond donors (Lipinski definition) is 1. The minimum absolute atomic E-state index is 0.684. The Morgan fingerprint density at radius 3 is 2.85 bits per heavy atom. The van der Waals surface area contributed by atoms with E-state index in [1.165, 1.54) is 5.56 Å². The zero-order chi connectivity index (χ0) is 14.1. The lowest BCUT2D eigenvalue weighted by atomic mass is 10.1. The van der Waals surface area contributed by atoms with Crippen molar-refractivity contribution in [1.82, 2.24) is 0 Å². The Morgan fingerprint density at radius 1 is 1.20 bits per heavy atom. The summed E-state index contributed by atoms with van der Waals surface area (Å²) in [6.45, 7) is 1.42. The molecule has 0 aliphatic carbocycles. The summed E-state index contributed by atoms with van der Waals surface area (Å²) in [5.41, 5.74) is 3.34. The Labute approximate surface area is 139 Å². The fourth-order valence-electron chi connectivity index (χ4n) is 2.30. The molecule has 0 fully saturated rings. The van der Waals surface area contributed by atoms with Gasteiger partial charge in [-0.1, -0.05) is 27.5 Å². The predicted molar refractivity (Wildman–Crippen MR) is 89.8 cm³/mol. The van der Waals surface area contributed by atoms with Gasteiger partial charge in [-0.2, -0.15) is 0 Å². The molecule has 0 aromatic heterocycles. The lowest BCUT2D eigenvalue weighted by Crippen LogP contribution is -2.02.